The van der Waals surface area contributed by atoms with E-state index in [4.69, 9.17) is 0 Å². The molecule has 1 atom stereocenters. The molecule has 0 aromatic carbocycles. The number of nitrogens with one attached hydrogen (secondary N) is 2. The van der Waals surface area contributed by atoms with Gasteiger partial charge >= 0.3 is 5.69 Å². The molecule has 1 aromatic rings. The number of hydrogen-bond acceptors (Lipinski definition) is 4. The minimum atomic E-state index is -0.557. The van der Waals surface area contributed by atoms with Crippen molar-refractivity contribution in [2.75, 3.05) is 19.6 Å². The van der Waals surface area contributed by atoms with Gasteiger partial charge in [0.1, 0.15) is 6.54 Å². The summed E-state index contributed by atoms with van der Waals surface area (Å²) in [6.07, 6.45) is 1.34. The first-order chi connectivity index (χ1) is 8.58. The topological polar surface area (TPSA) is 87.2 Å². The molecule has 0 bridgehead atoms. The number of aromatic nitrogens is 2. The van der Waals surface area contributed by atoms with Gasteiger partial charge in [-0.05, 0) is 6.92 Å². The average Bonchev–Trinajstić information content (AvgIpc) is 2.33. The second kappa shape index (κ2) is 5.18. The van der Waals surface area contributed by atoms with Crippen molar-refractivity contribution in [1.29, 1.82) is 0 Å². The van der Waals surface area contributed by atoms with Gasteiger partial charge in [0.25, 0.3) is 5.56 Å². The summed E-state index contributed by atoms with van der Waals surface area (Å²) < 4.78 is 1.21. The Bertz CT molecular complexity index is 548. The number of nitrogens with zero attached hydrogens (tertiary/aromatic N) is 2. The number of carbonyl (C=O) groups is 1. The summed E-state index contributed by atoms with van der Waals surface area (Å²) in [5.74, 6) is -0.113. The molecule has 1 aliphatic heterocycles. The molecule has 7 nitrogen and oxygen atoms in total. The average molecular weight is 252 g/mol. The fourth-order valence-corrected chi connectivity index (χ4v) is 2.02. The third-order valence-corrected chi connectivity index (χ3v) is 3.02. The summed E-state index contributed by atoms with van der Waals surface area (Å²) in [5, 5.41) is 3.19. The molecule has 1 aliphatic rings. The monoisotopic (exact) mass is 252 g/mol. The van der Waals surface area contributed by atoms with Crippen molar-refractivity contribution in [2.45, 2.75) is 19.5 Å². The van der Waals surface area contributed by atoms with Crippen molar-refractivity contribution in [1.82, 2.24) is 19.8 Å². The van der Waals surface area contributed by atoms with Crippen molar-refractivity contribution in [2.24, 2.45) is 0 Å². The van der Waals surface area contributed by atoms with E-state index in [1.54, 1.807) is 4.90 Å². The molecule has 0 radical (unpaired) electrons. The van der Waals surface area contributed by atoms with Crippen molar-refractivity contribution < 1.29 is 4.79 Å². The molecule has 0 spiro atoms. The molecule has 1 saturated heterocycles. The van der Waals surface area contributed by atoms with Crippen LogP contribution >= 0.6 is 0 Å². The van der Waals surface area contributed by atoms with E-state index in [1.165, 1.54) is 16.8 Å². The highest BCUT2D eigenvalue weighted by atomic mass is 16.2. The lowest BCUT2D eigenvalue weighted by atomic mass is 10.2. The van der Waals surface area contributed by atoms with Crippen LogP contribution in [0.3, 0.4) is 0 Å². The first kappa shape index (κ1) is 12.6. The minimum absolute atomic E-state index is 0.0417. The molecule has 2 rings (SSSR count). The SMILES string of the molecule is C[C@@H]1CNCCN1C(=O)Cn1ccc(=O)[nH]c1=O. The summed E-state index contributed by atoms with van der Waals surface area (Å²) >= 11 is 0. The summed E-state index contributed by atoms with van der Waals surface area (Å²) in [7, 11) is 0. The Morgan fingerprint density at radius 2 is 2.28 bits per heavy atom. The first-order valence-electron chi connectivity index (χ1n) is 5.88. The Morgan fingerprint density at radius 1 is 1.50 bits per heavy atom. The maximum atomic E-state index is 12.1. The molecule has 1 aromatic heterocycles. The van der Waals surface area contributed by atoms with Crippen molar-refractivity contribution in [3.63, 3.8) is 0 Å². The zero-order valence-electron chi connectivity index (χ0n) is 10.2. The Balaban J connectivity index is 2.11. The van der Waals surface area contributed by atoms with Crippen molar-refractivity contribution in [3.05, 3.63) is 33.1 Å². The Morgan fingerprint density at radius 3 is 2.94 bits per heavy atom. The zero-order chi connectivity index (χ0) is 13.1. The van der Waals surface area contributed by atoms with Crippen LogP contribution in [-0.2, 0) is 11.3 Å². The summed E-state index contributed by atoms with van der Waals surface area (Å²) in [6.45, 7) is 4.07. The third kappa shape index (κ3) is 2.67. The van der Waals surface area contributed by atoms with E-state index in [-0.39, 0.29) is 18.5 Å². The quantitative estimate of drug-likeness (QED) is 0.660. The molecular weight excluding hydrogens is 236 g/mol. The lowest BCUT2D eigenvalue weighted by Gasteiger charge is -2.34. The van der Waals surface area contributed by atoms with Crippen LogP contribution < -0.4 is 16.6 Å². The van der Waals surface area contributed by atoms with Gasteiger partial charge < -0.3 is 10.2 Å². The number of H-pyrrole nitrogens is 1. The fourth-order valence-electron chi connectivity index (χ4n) is 2.02. The number of carbonyl (C=O) groups excluding carboxylic acids is 1. The highest BCUT2D eigenvalue weighted by molar-refractivity contribution is 5.76. The first-order valence-corrected chi connectivity index (χ1v) is 5.88. The molecule has 7 heteroatoms. The Hall–Kier alpha value is -1.89. The van der Waals surface area contributed by atoms with Gasteiger partial charge in [0.05, 0.1) is 0 Å². The fraction of sp³-hybridized carbons (Fsp3) is 0.545. The number of amides is 1. The van der Waals surface area contributed by atoms with Crippen LogP contribution in [0, 0.1) is 0 Å². The minimum Gasteiger partial charge on any atom is -0.336 e. The van der Waals surface area contributed by atoms with Gasteiger partial charge in [0.2, 0.25) is 5.91 Å². The predicted octanol–water partition coefficient (Wildman–Crippen LogP) is -1.64. The van der Waals surface area contributed by atoms with Gasteiger partial charge in [-0.15, -0.1) is 0 Å². The Kier molecular flexibility index (Phi) is 3.61. The number of hydrogen-bond donors (Lipinski definition) is 2. The van der Waals surface area contributed by atoms with E-state index < -0.39 is 11.2 Å². The van der Waals surface area contributed by atoms with Crippen LogP contribution in [-0.4, -0.2) is 46.0 Å². The molecule has 1 amide bonds. The van der Waals surface area contributed by atoms with Gasteiger partial charge in [-0.1, -0.05) is 0 Å². The van der Waals surface area contributed by atoms with E-state index in [0.717, 1.165) is 13.1 Å². The predicted molar refractivity (Wildman–Crippen MR) is 65.4 cm³/mol. The van der Waals surface area contributed by atoms with Gasteiger partial charge in [0, 0.05) is 37.9 Å². The second-order valence-electron chi connectivity index (χ2n) is 4.38. The van der Waals surface area contributed by atoms with Gasteiger partial charge in [-0.2, -0.15) is 0 Å². The number of aromatic amines is 1. The molecular formula is C11H16N4O3. The number of rotatable bonds is 2. The summed E-state index contributed by atoms with van der Waals surface area (Å²) in [4.78, 5) is 38.3. The standard InChI is InChI=1S/C11H16N4O3/c1-8-6-12-3-5-15(8)10(17)7-14-4-2-9(16)13-11(14)18/h2,4,8,12H,3,5-7H2,1H3,(H,13,16,18)/t8-/m1/s1. The van der Waals surface area contributed by atoms with Crippen molar-refractivity contribution >= 4 is 5.91 Å². The van der Waals surface area contributed by atoms with E-state index in [9.17, 15) is 14.4 Å². The molecule has 2 heterocycles. The molecule has 18 heavy (non-hydrogen) atoms. The zero-order valence-corrected chi connectivity index (χ0v) is 10.2. The maximum Gasteiger partial charge on any atom is 0.328 e. The van der Waals surface area contributed by atoms with Gasteiger partial charge in [0.15, 0.2) is 0 Å². The molecule has 2 N–H and O–H groups in total. The lowest BCUT2D eigenvalue weighted by Crippen LogP contribution is -2.53. The molecule has 0 aliphatic carbocycles. The largest absolute Gasteiger partial charge is 0.336 e. The van der Waals surface area contributed by atoms with Gasteiger partial charge in [-0.25, -0.2) is 4.79 Å². The van der Waals surface area contributed by atoms with Crippen LogP contribution in [0.1, 0.15) is 6.92 Å². The highest BCUT2D eigenvalue weighted by Crippen LogP contribution is 2.03. The van der Waals surface area contributed by atoms with Crippen LogP contribution in [0.2, 0.25) is 0 Å². The number of piperazine rings is 1. The Labute approximate surface area is 103 Å². The molecule has 0 saturated carbocycles. The lowest BCUT2D eigenvalue weighted by molar-refractivity contribution is -0.134. The van der Waals surface area contributed by atoms with E-state index >= 15 is 0 Å². The maximum absolute atomic E-state index is 12.1. The summed E-state index contributed by atoms with van der Waals surface area (Å²) in [6, 6.07) is 1.35. The van der Waals surface area contributed by atoms with Crippen LogP contribution in [0.15, 0.2) is 21.9 Å². The normalized spacial score (nSPS) is 19.8. The van der Waals surface area contributed by atoms with Gasteiger partial charge in [-0.3, -0.25) is 19.1 Å². The van der Waals surface area contributed by atoms with Crippen molar-refractivity contribution in [3.8, 4) is 0 Å². The van der Waals surface area contributed by atoms with Crippen LogP contribution in [0.4, 0.5) is 0 Å². The summed E-state index contributed by atoms with van der Waals surface area (Å²) in [5.41, 5.74) is -1.02. The molecule has 98 valence electrons. The van der Waals surface area contributed by atoms with E-state index in [0.29, 0.717) is 6.54 Å². The molecule has 0 unspecified atom stereocenters. The highest BCUT2D eigenvalue weighted by Gasteiger charge is 2.23. The van der Waals surface area contributed by atoms with E-state index in [1.807, 2.05) is 6.92 Å². The van der Waals surface area contributed by atoms with E-state index in [2.05, 4.69) is 10.3 Å². The second-order valence-corrected chi connectivity index (χ2v) is 4.38. The molecule has 1 fully saturated rings. The third-order valence-electron chi connectivity index (χ3n) is 3.02. The van der Waals surface area contributed by atoms with Crippen LogP contribution in [0.5, 0.6) is 0 Å². The van der Waals surface area contributed by atoms with Crippen LogP contribution in [0.25, 0.3) is 0 Å². The smallest absolute Gasteiger partial charge is 0.328 e.